The first-order valence-electron chi connectivity index (χ1n) is 9.92. The van der Waals surface area contributed by atoms with Crippen LogP contribution in [-0.2, 0) is 20.2 Å². The van der Waals surface area contributed by atoms with Gasteiger partial charge in [0.1, 0.15) is 5.82 Å². The van der Waals surface area contributed by atoms with Gasteiger partial charge in [-0.25, -0.2) is 12.8 Å². The van der Waals surface area contributed by atoms with Crippen molar-refractivity contribution in [1.82, 2.24) is 4.31 Å². The number of sulfonamides is 1. The van der Waals surface area contributed by atoms with Crippen molar-refractivity contribution in [2.24, 2.45) is 5.92 Å². The Balaban J connectivity index is 1.42. The van der Waals surface area contributed by atoms with E-state index in [2.05, 4.69) is 11.4 Å². The monoisotopic (exact) mass is 427 g/mol. The number of rotatable bonds is 5. The van der Waals surface area contributed by atoms with Gasteiger partial charge in [-0.1, -0.05) is 12.1 Å². The average Bonchev–Trinajstić information content (AvgIpc) is 3.56. The van der Waals surface area contributed by atoms with Crippen LogP contribution in [0.3, 0.4) is 0 Å². The first-order valence-corrected chi connectivity index (χ1v) is 11.4. The van der Waals surface area contributed by atoms with Crippen LogP contribution < -0.4 is 5.32 Å². The Morgan fingerprint density at radius 1 is 1.13 bits per heavy atom. The minimum Gasteiger partial charge on any atom is -0.326 e. The first-order chi connectivity index (χ1) is 14.3. The normalized spacial score (nSPS) is 20.9. The molecule has 0 radical (unpaired) electrons. The van der Waals surface area contributed by atoms with Crippen molar-refractivity contribution in [3.05, 3.63) is 59.9 Å². The number of halogens is 1. The summed E-state index contributed by atoms with van der Waals surface area (Å²) in [5.74, 6) is -1.20. The van der Waals surface area contributed by atoms with Crippen molar-refractivity contribution in [1.29, 1.82) is 5.26 Å². The van der Waals surface area contributed by atoms with Gasteiger partial charge < -0.3 is 5.32 Å². The SMILES string of the molecule is N#CC1(c2ccc(NC(=O)C3CCCN(S(=O)(=O)c4ccc(F)cc4)C3)cc2)CC1. The molecule has 2 aromatic rings. The van der Waals surface area contributed by atoms with Gasteiger partial charge in [0, 0.05) is 18.8 Å². The van der Waals surface area contributed by atoms with Gasteiger partial charge in [-0.3, -0.25) is 4.79 Å². The summed E-state index contributed by atoms with van der Waals surface area (Å²) in [4.78, 5) is 12.8. The molecule has 1 saturated heterocycles. The summed E-state index contributed by atoms with van der Waals surface area (Å²) < 4.78 is 40.1. The predicted molar refractivity (Wildman–Crippen MR) is 109 cm³/mol. The highest BCUT2D eigenvalue weighted by Crippen LogP contribution is 2.47. The number of nitrogens with one attached hydrogen (secondary N) is 1. The van der Waals surface area contributed by atoms with Crippen LogP contribution in [0.1, 0.15) is 31.2 Å². The van der Waals surface area contributed by atoms with E-state index >= 15 is 0 Å². The van der Waals surface area contributed by atoms with Gasteiger partial charge in [0.25, 0.3) is 0 Å². The molecule has 0 spiro atoms. The quantitative estimate of drug-likeness (QED) is 0.792. The highest BCUT2D eigenvalue weighted by molar-refractivity contribution is 7.89. The summed E-state index contributed by atoms with van der Waals surface area (Å²) in [7, 11) is -3.78. The smallest absolute Gasteiger partial charge is 0.243 e. The third-order valence-electron chi connectivity index (χ3n) is 5.88. The molecule has 1 amide bonds. The first kappa shape index (κ1) is 20.5. The van der Waals surface area contributed by atoms with Crippen LogP contribution in [0.5, 0.6) is 0 Å². The highest BCUT2D eigenvalue weighted by atomic mass is 32.2. The zero-order chi connectivity index (χ0) is 21.4. The van der Waals surface area contributed by atoms with Gasteiger partial charge in [-0.05, 0) is 67.6 Å². The number of carbonyl (C=O) groups excluding carboxylic acids is 1. The lowest BCUT2D eigenvalue weighted by Gasteiger charge is -2.31. The summed E-state index contributed by atoms with van der Waals surface area (Å²) >= 11 is 0. The fraction of sp³-hybridized carbons (Fsp3) is 0.364. The van der Waals surface area contributed by atoms with Crippen molar-refractivity contribution in [3.63, 3.8) is 0 Å². The van der Waals surface area contributed by atoms with Gasteiger partial charge in [0.05, 0.1) is 22.3 Å². The summed E-state index contributed by atoms with van der Waals surface area (Å²) in [5.41, 5.74) is 1.20. The molecule has 0 aromatic heterocycles. The van der Waals surface area contributed by atoms with E-state index in [9.17, 15) is 22.9 Å². The molecule has 1 aliphatic heterocycles. The maximum Gasteiger partial charge on any atom is 0.243 e. The fourth-order valence-electron chi connectivity index (χ4n) is 3.84. The van der Waals surface area contributed by atoms with Crippen LogP contribution in [0.4, 0.5) is 10.1 Å². The Morgan fingerprint density at radius 2 is 1.80 bits per heavy atom. The molecule has 30 heavy (non-hydrogen) atoms. The van der Waals surface area contributed by atoms with Crippen LogP contribution in [0.15, 0.2) is 53.4 Å². The third kappa shape index (κ3) is 3.95. The molecule has 1 saturated carbocycles. The molecule has 1 N–H and O–H groups in total. The lowest BCUT2D eigenvalue weighted by Crippen LogP contribution is -2.43. The predicted octanol–water partition coefficient (Wildman–Crippen LogP) is 3.42. The number of amides is 1. The molecule has 6 nitrogen and oxygen atoms in total. The molecule has 2 aliphatic rings. The Hall–Kier alpha value is -2.76. The van der Waals surface area contributed by atoms with Crippen molar-refractivity contribution in [2.45, 2.75) is 36.0 Å². The second kappa shape index (κ2) is 7.82. The van der Waals surface area contributed by atoms with E-state index in [0.29, 0.717) is 25.1 Å². The highest BCUT2D eigenvalue weighted by Gasteiger charge is 2.44. The van der Waals surface area contributed by atoms with E-state index in [1.54, 1.807) is 12.1 Å². The standard InChI is InChI=1S/C22H22FN3O3S/c23-18-5-9-20(10-6-18)30(28,29)26-13-1-2-16(14-26)21(27)25-19-7-3-17(4-8-19)22(15-24)11-12-22/h3-10,16H,1-2,11-14H2,(H,25,27). The van der Waals surface area contributed by atoms with Gasteiger partial charge in [-0.2, -0.15) is 9.57 Å². The molecular formula is C22H22FN3O3S. The maximum atomic E-state index is 13.1. The molecule has 0 bridgehead atoms. The van der Waals surface area contributed by atoms with E-state index < -0.39 is 21.8 Å². The number of nitrogens with zero attached hydrogens (tertiary/aromatic N) is 2. The molecular weight excluding hydrogens is 405 g/mol. The van der Waals surface area contributed by atoms with Crippen LogP contribution in [0.25, 0.3) is 0 Å². The zero-order valence-electron chi connectivity index (χ0n) is 16.3. The van der Waals surface area contributed by atoms with E-state index in [1.165, 1.54) is 16.4 Å². The molecule has 4 rings (SSSR count). The molecule has 1 heterocycles. The van der Waals surface area contributed by atoms with Crippen LogP contribution >= 0.6 is 0 Å². The van der Waals surface area contributed by atoms with Crippen molar-refractivity contribution in [2.75, 3.05) is 18.4 Å². The molecule has 1 aliphatic carbocycles. The molecule has 2 fully saturated rings. The van der Waals surface area contributed by atoms with Crippen molar-refractivity contribution < 1.29 is 17.6 Å². The lowest BCUT2D eigenvalue weighted by atomic mass is 9.97. The number of hydrogen-bond acceptors (Lipinski definition) is 4. The number of carbonyl (C=O) groups is 1. The van der Waals surface area contributed by atoms with Gasteiger partial charge >= 0.3 is 0 Å². The van der Waals surface area contributed by atoms with Gasteiger partial charge in [0.15, 0.2) is 0 Å². The third-order valence-corrected chi connectivity index (χ3v) is 7.75. The van der Waals surface area contributed by atoms with Crippen LogP contribution in [-0.4, -0.2) is 31.7 Å². The summed E-state index contributed by atoms with van der Waals surface area (Å²) in [6, 6.07) is 14.3. The minimum absolute atomic E-state index is 0.0204. The fourth-order valence-corrected chi connectivity index (χ4v) is 5.36. The van der Waals surface area contributed by atoms with E-state index in [-0.39, 0.29) is 22.8 Å². The van der Waals surface area contributed by atoms with Crippen LogP contribution in [0, 0.1) is 23.1 Å². The van der Waals surface area contributed by atoms with Crippen molar-refractivity contribution >= 4 is 21.6 Å². The lowest BCUT2D eigenvalue weighted by molar-refractivity contribution is -0.120. The second-order valence-electron chi connectivity index (χ2n) is 7.92. The van der Waals surface area contributed by atoms with Gasteiger partial charge in [0.2, 0.25) is 15.9 Å². The average molecular weight is 428 g/mol. The minimum atomic E-state index is -3.78. The topological polar surface area (TPSA) is 90.3 Å². The Labute approximate surface area is 175 Å². The molecule has 1 unspecified atom stereocenters. The number of piperidine rings is 1. The number of nitriles is 1. The van der Waals surface area contributed by atoms with Crippen LogP contribution in [0.2, 0.25) is 0 Å². The number of hydrogen-bond donors (Lipinski definition) is 1. The Kier molecular flexibility index (Phi) is 5.35. The summed E-state index contributed by atoms with van der Waals surface area (Å²) in [6.07, 6.45) is 2.88. The van der Waals surface area contributed by atoms with Gasteiger partial charge in [-0.15, -0.1) is 0 Å². The molecule has 156 valence electrons. The number of benzene rings is 2. The number of anilines is 1. The Morgan fingerprint density at radius 3 is 2.40 bits per heavy atom. The molecule has 8 heteroatoms. The van der Waals surface area contributed by atoms with E-state index in [4.69, 9.17) is 0 Å². The molecule has 1 atom stereocenters. The van der Waals surface area contributed by atoms with E-state index in [0.717, 1.165) is 30.5 Å². The molecule has 2 aromatic carbocycles. The zero-order valence-corrected chi connectivity index (χ0v) is 17.2. The largest absolute Gasteiger partial charge is 0.326 e. The second-order valence-corrected chi connectivity index (χ2v) is 9.85. The maximum absolute atomic E-state index is 13.1. The van der Waals surface area contributed by atoms with Crippen molar-refractivity contribution in [3.8, 4) is 6.07 Å². The summed E-state index contributed by atoms with van der Waals surface area (Å²) in [5, 5.41) is 12.1. The summed E-state index contributed by atoms with van der Waals surface area (Å²) in [6.45, 7) is 0.412. The Bertz CT molecular complexity index is 1090. The van der Waals surface area contributed by atoms with E-state index in [1.807, 2.05) is 12.1 Å².